The molecule has 3 nitrogen and oxygen atoms in total. The van der Waals surface area contributed by atoms with E-state index in [2.05, 4.69) is 32.2 Å². The maximum atomic E-state index is 9.09. The molecule has 1 rings (SSSR count). The van der Waals surface area contributed by atoms with Gasteiger partial charge in [0, 0.05) is 11.6 Å². The molecular formula is C14H20N2O. The summed E-state index contributed by atoms with van der Waals surface area (Å²) in [5.41, 5.74) is 1.51. The quantitative estimate of drug-likeness (QED) is 0.844. The first kappa shape index (κ1) is 13.4. The minimum absolute atomic E-state index is 0.0119. The Labute approximate surface area is 103 Å². The second-order valence-corrected chi connectivity index (χ2v) is 4.42. The number of anilines is 1. The van der Waals surface area contributed by atoms with Gasteiger partial charge in [0.05, 0.1) is 18.4 Å². The van der Waals surface area contributed by atoms with Crippen molar-refractivity contribution < 1.29 is 4.74 Å². The first-order chi connectivity index (χ1) is 8.08. The van der Waals surface area contributed by atoms with E-state index < -0.39 is 0 Å². The van der Waals surface area contributed by atoms with Crippen LogP contribution in [0.1, 0.15) is 39.2 Å². The van der Waals surface area contributed by atoms with Crippen molar-refractivity contribution in [2.75, 3.05) is 12.4 Å². The SMILES string of the molecule is CCC(C)(CC)Nc1cc(OC)ccc1C#N. The first-order valence-electron chi connectivity index (χ1n) is 5.95. The van der Waals surface area contributed by atoms with Crippen LogP contribution in [0.5, 0.6) is 5.75 Å². The molecule has 0 saturated carbocycles. The summed E-state index contributed by atoms with van der Waals surface area (Å²) in [5, 5.41) is 12.5. The van der Waals surface area contributed by atoms with Gasteiger partial charge in [0.1, 0.15) is 11.8 Å². The molecule has 0 radical (unpaired) electrons. The van der Waals surface area contributed by atoms with Gasteiger partial charge in [-0.2, -0.15) is 5.26 Å². The minimum atomic E-state index is 0.0119. The molecule has 1 aromatic carbocycles. The lowest BCUT2D eigenvalue weighted by molar-refractivity contribution is 0.414. The van der Waals surface area contributed by atoms with E-state index in [1.54, 1.807) is 19.2 Å². The van der Waals surface area contributed by atoms with Gasteiger partial charge in [-0.1, -0.05) is 13.8 Å². The molecule has 0 bridgehead atoms. The zero-order valence-corrected chi connectivity index (χ0v) is 11.0. The average Bonchev–Trinajstić information content (AvgIpc) is 2.38. The van der Waals surface area contributed by atoms with E-state index in [4.69, 9.17) is 10.00 Å². The molecule has 1 aromatic rings. The number of hydrogen-bond acceptors (Lipinski definition) is 3. The maximum Gasteiger partial charge on any atom is 0.121 e. The Bertz CT molecular complexity index is 417. The monoisotopic (exact) mass is 232 g/mol. The lowest BCUT2D eigenvalue weighted by atomic mass is 9.94. The van der Waals surface area contributed by atoms with E-state index in [1.807, 2.05) is 6.07 Å². The fraction of sp³-hybridized carbons (Fsp3) is 0.500. The van der Waals surface area contributed by atoms with Gasteiger partial charge in [0.25, 0.3) is 0 Å². The molecule has 0 spiro atoms. The van der Waals surface area contributed by atoms with Crippen molar-refractivity contribution in [1.82, 2.24) is 0 Å². The molecule has 0 aliphatic heterocycles. The highest BCUT2D eigenvalue weighted by Crippen LogP contribution is 2.27. The molecule has 0 unspecified atom stereocenters. The predicted molar refractivity (Wildman–Crippen MR) is 70.3 cm³/mol. The molecule has 0 saturated heterocycles. The van der Waals surface area contributed by atoms with Crippen LogP contribution >= 0.6 is 0 Å². The van der Waals surface area contributed by atoms with Crippen LogP contribution < -0.4 is 10.1 Å². The first-order valence-corrected chi connectivity index (χ1v) is 5.95. The molecule has 3 heteroatoms. The van der Waals surface area contributed by atoms with Crippen LogP contribution in [0.25, 0.3) is 0 Å². The summed E-state index contributed by atoms with van der Waals surface area (Å²) in [6.45, 7) is 6.44. The number of methoxy groups -OCH3 is 1. The Hall–Kier alpha value is -1.69. The fourth-order valence-electron chi connectivity index (χ4n) is 1.60. The Kier molecular flexibility index (Phi) is 4.39. The third kappa shape index (κ3) is 3.13. The van der Waals surface area contributed by atoms with Crippen molar-refractivity contribution in [1.29, 1.82) is 5.26 Å². The topological polar surface area (TPSA) is 45.0 Å². The van der Waals surface area contributed by atoms with E-state index in [0.29, 0.717) is 5.56 Å². The van der Waals surface area contributed by atoms with E-state index in [9.17, 15) is 0 Å². The van der Waals surface area contributed by atoms with Crippen molar-refractivity contribution in [3.05, 3.63) is 23.8 Å². The van der Waals surface area contributed by atoms with Crippen LogP contribution in [0.4, 0.5) is 5.69 Å². The summed E-state index contributed by atoms with van der Waals surface area (Å²) >= 11 is 0. The van der Waals surface area contributed by atoms with Gasteiger partial charge < -0.3 is 10.1 Å². The van der Waals surface area contributed by atoms with Gasteiger partial charge in [-0.05, 0) is 31.9 Å². The predicted octanol–water partition coefficient (Wildman–Crippen LogP) is 3.56. The maximum absolute atomic E-state index is 9.09. The molecule has 0 aliphatic carbocycles. The highest BCUT2D eigenvalue weighted by Gasteiger charge is 2.20. The van der Waals surface area contributed by atoms with Crippen molar-refractivity contribution >= 4 is 5.69 Å². The second kappa shape index (κ2) is 5.58. The zero-order valence-electron chi connectivity index (χ0n) is 11.0. The number of ether oxygens (including phenoxy) is 1. The molecule has 0 aromatic heterocycles. The molecule has 0 amide bonds. The molecule has 0 aliphatic rings. The molecular weight excluding hydrogens is 212 g/mol. The minimum Gasteiger partial charge on any atom is -0.497 e. The van der Waals surface area contributed by atoms with Gasteiger partial charge in [-0.25, -0.2) is 0 Å². The summed E-state index contributed by atoms with van der Waals surface area (Å²) < 4.78 is 5.19. The highest BCUT2D eigenvalue weighted by atomic mass is 16.5. The number of nitrogens with one attached hydrogen (secondary N) is 1. The molecule has 17 heavy (non-hydrogen) atoms. The normalized spacial score (nSPS) is 10.8. The zero-order chi connectivity index (χ0) is 12.9. The Morgan fingerprint density at radius 3 is 2.47 bits per heavy atom. The number of nitriles is 1. The Balaban J connectivity index is 3.07. The Morgan fingerprint density at radius 1 is 1.35 bits per heavy atom. The summed E-state index contributed by atoms with van der Waals surface area (Å²) in [6.07, 6.45) is 2.01. The largest absolute Gasteiger partial charge is 0.497 e. The van der Waals surface area contributed by atoms with Crippen molar-refractivity contribution in [3.8, 4) is 11.8 Å². The van der Waals surface area contributed by atoms with Crippen LogP contribution in [0.3, 0.4) is 0 Å². The highest BCUT2D eigenvalue weighted by molar-refractivity contribution is 5.61. The molecule has 92 valence electrons. The number of hydrogen-bond donors (Lipinski definition) is 1. The van der Waals surface area contributed by atoms with E-state index in [1.165, 1.54) is 0 Å². The number of nitrogens with zero attached hydrogens (tertiary/aromatic N) is 1. The molecule has 0 atom stereocenters. The lowest BCUT2D eigenvalue weighted by Crippen LogP contribution is -2.33. The summed E-state index contributed by atoms with van der Waals surface area (Å²) in [4.78, 5) is 0. The summed E-state index contributed by atoms with van der Waals surface area (Å²) in [7, 11) is 1.63. The van der Waals surface area contributed by atoms with Crippen molar-refractivity contribution in [3.63, 3.8) is 0 Å². The van der Waals surface area contributed by atoms with Gasteiger partial charge >= 0.3 is 0 Å². The van der Waals surface area contributed by atoms with Gasteiger partial charge in [-0.15, -0.1) is 0 Å². The lowest BCUT2D eigenvalue weighted by Gasteiger charge is -2.30. The van der Waals surface area contributed by atoms with Crippen LogP contribution in [0, 0.1) is 11.3 Å². The van der Waals surface area contributed by atoms with E-state index >= 15 is 0 Å². The van der Waals surface area contributed by atoms with Gasteiger partial charge in [-0.3, -0.25) is 0 Å². The summed E-state index contributed by atoms with van der Waals surface area (Å²) in [5.74, 6) is 0.765. The van der Waals surface area contributed by atoms with Crippen LogP contribution in [-0.4, -0.2) is 12.6 Å². The number of benzene rings is 1. The third-order valence-corrected chi connectivity index (χ3v) is 3.34. The van der Waals surface area contributed by atoms with Crippen molar-refractivity contribution in [2.24, 2.45) is 0 Å². The summed E-state index contributed by atoms with van der Waals surface area (Å²) in [6, 6.07) is 7.67. The standard InChI is InChI=1S/C14H20N2O/c1-5-14(3,6-2)16-13-9-12(17-4)8-7-11(13)10-15/h7-9,16H,5-6H2,1-4H3. The molecule has 0 fully saturated rings. The second-order valence-electron chi connectivity index (χ2n) is 4.42. The average molecular weight is 232 g/mol. The van der Waals surface area contributed by atoms with E-state index in [-0.39, 0.29) is 5.54 Å². The van der Waals surface area contributed by atoms with Crippen LogP contribution in [0.15, 0.2) is 18.2 Å². The third-order valence-electron chi connectivity index (χ3n) is 3.34. The van der Waals surface area contributed by atoms with Gasteiger partial charge in [0.15, 0.2) is 0 Å². The van der Waals surface area contributed by atoms with Crippen LogP contribution in [0.2, 0.25) is 0 Å². The van der Waals surface area contributed by atoms with E-state index in [0.717, 1.165) is 24.3 Å². The molecule has 0 heterocycles. The fourth-order valence-corrected chi connectivity index (χ4v) is 1.60. The number of rotatable bonds is 5. The molecule has 1 N–H and O–H groups in total. The smallest absolute Gasteiger partial charge is 0.121 e. The Morgan fingerprint density at radius 2 is 2.00 bits per heavy atom. The van der Waals surface area contributed by atoms with Crippen LogP contribution in [-0.2, 0) is 0 Å². The van der Waals surface area contributed by atoms with Crippen molar-refractivity contribution in [2.45, 2.75) is 39.2 Å². The van der Waals surface area contributed by atoms with Gasteiger partial charge in [0.2, 0.25) is 0 Å².